The number of hydrogen-bond donors (Lipinski definition) is 2. The minimum atomic E-state index is -5.08. The van der Waals surface area contributed by atoms with E-state index in [-0.39, 0.29) is 22.8 Å². The molecule has 0 saturated heterocycles. The van der Waals surface area contributed by atoms with Crippen LogP contribution in [0.1, 0.15) is 56.9 Å². The van der Waals surface area contributed by atoms with Crippen LogP contribution >= 0.6 is 12.6 Å². The van der Waals surface area contributed by atoms with Crippen molar-refractivity contribution in [2.24, 2.45) is 0 Å². The molecular weight excluding hydrogens is 676 g/mol. The summed E-state index contributed by atoms with van der Waals surface area (Å²) in [5, 5.41) is 3.29. The number of halogens is 7. The maximum absolute atomic E-state index is 14.1. The zero-order valence-electron chi connectivity index (χ0n) is 28.4. The van der Waals surface area contributed by atoms with E-state index in [4.69, 9.17) is 4.43 Å². The van der Waals surface area contributed by atoms with E-state index in [9.17, 15) is 35.5 Å². The normalized spacial score (nSPS) is 13.8. The Hall–Kier alpha value is -3.10. The van der Waals surface area contributed by atoms with Gasteiger partial charge in [-0.25, -0.2) is 9.37 Å². The summed E-state index contributed by atoms with van der Waals surface area (Å²) in [6.45, 7) is 15.2. The fraction of sp³-hybridized carbons (Fsp3) is 0.471. The highest BCUT2D eigenvalue weighted by Crippen LogP contribution is 2.41. The number of pyridine rings is 1. The fourth-order valence-corrected chi connectivity index (χ4v) is 6.03. The van der Waals surface area contributed by atoms with Crippen molar-refractivity contribution in [1.82, 2.24) is 4.98 Å². The maximum atomic E-state index is 14.1. The van der Waals surface area contributed by atoms with Gasteiger partial charge in [-0.1, -0.05) is 26.8 Å². The number of hydrogen-bond acceptors (Lipinski definition) is 5. The molecule has 14 heteroatoms. The summed E-state index contributed by atoms with van der Waals surface area (Å²) in [5.41, 5.74) is -3.67. The molecule has 0 aliphatic heterocycles. The number of nitrogens with zero attached hydrogens (tertiary/aromatic N) is 2. The topological polar surface area (TPSA) is 54.5 Å². The molecule has 0 radical (unpaired) electrons. The molecule has 1 heterocycles. The summed E-state index contributed by atoms with van der Waals surface area (Å²) in [5.74, 6) is -0.497. The summed E-state index contributed by atoms with van der Waals surface area (Å²) in [6, 6.07) is 6.61. The van der Waals surface area contributed by atoms with Crippen molar-refractivity contribution < 1.29 is 40.0 Å². The molecule has 2 aromatic carbocycles. The first-order valence-corrected chi connectivity index (χ1v) is 18.7. The average Bonchev–Trinajstić information content (AvgIpc) is 2.96. The Balaban J connectivity index is 2.09. The Kier molecular flexibility index (Phi) is 11.5. The first-order chi connectivity index (χ1) is 21.8. The van der Waals surface area contributed by atoms with E-state index in [0.29, 0.717) is 47.0 Å². The predicted molar refractivity (Wildman–Crippen MR) is 182 cm³/mol. The quantitative estimate of drug-likeness (QED) is 0.125. The van der Waals surface area contributed by atoms with E-state index < -0.39 is 54.5 Å². The lowest BCUT2D eigenvalue weighted by molar-refractivity contribution is -0.143. The van der Waals surface area contributed by atoms with Crippen molar-refractivity contribution in [2.75, 3.05) is 29.6 Å². The smallest absolute Gasteiger partial charge is 0.415 e. The van der Waals surface area contributed by atoms with Gasteiger partial charge >= 0.3 is 12.4 Å². The Morgan fingerprint density at radius 2 is 1.46 bits per heavy atom. The zero-order chi connectivity index (χ0) is 36.6. The zero-order valence-corrected chi connectivity index (χ0v) is 30.3. The van der Waals surface area contributed by atoms with Gasteiger partial charge in [-0.15, -0.1) is 0 Å². The van der Waals surface area contributed by atoms with E-state index in [1.165, 1.54) is 45.3 Å². The number of likely N-dealkylation sites (N-methyl/N-ethyl adjacent to an activating group) is 1. The van der Waals surface area contributed by atoms with Crippen LogP contribution in [0.15, 0.2) is 48.7 Å². The number of rotatable bonds is 10. The van der Waals surface area contributed by atoms with Crippen molar-refractivity contribution >= 4 is 38.4 Å². The molecule has 1 N–H and O–H groups in total. The maximum Gasteiger partial charge on any atom is 0.416 e. The molecule has 5 nitrogen and oxygen atoms in total. The van der Waals surface area contributed by atoms with Gasteiger partial charge in [-0.3, -0.25) is 4.79 Å². The molecule has 1 aromatic heterocycles. The van der Waals surface area contributed by atoms with Gasteiger partial charge in [0.05, 0.1) is 41.1 Å². The van der Waals surface area contributed by atoms with Crippen molar-refractivity contribution in [3.05, 3.63) is 76.7 Å². The molecule has 0 aliphatic carbocycles. The summed E-state index contributed by atoms with van der Waals surface area (Å²) in [7, 11) is -0.728. The van der Waals surface area contributed by atoms with Gasteiger partial charge in [0.15, 0.2) is 8.32 Å². The first kappa shape index (κ1) is 39.3. The number of carbonyl (C=O) groups excluding carboxylic acids is 1. The highest BCUT2D eigenvalue weighted by atomic mass is 32.1. The highest BCUT2D eigenvalue weighted by Gasteiger charge is 2.42. The number of amides is 1. The van der Waals surface area contributed by atoms with Gasteiger partial charge in [0, 0.05) is 18.4 Å². The molecule has 264 valence electrons. The Morgan fingerprint density at radius 3 is 1.94 bits per heavy atom. The molecule has 0 aliphatic rings. The summed E-state index contributed by atoms with van der Waals surface area (Å²) < 4.78 is 102. The van der Waals surface area contributed by atoms with E-state index in [0.717, 1.165) is 4.90 Å². The number of thiol groups is 1. The highest BCUT2D eigenvalue weighted by molar-refractivity contribution is 7.80. The van der Waals surface area contributed by atoms with Gasteiger partial charge < -0.3 is 14.6 Å². The second-order valence-electron chi connectivity index (χ2n) is 13.9. The lowest BCUT2D eigenvalue weighted by Gasteiger charge is -2.37. The number of anilines is 2. The van der Waals surface area contributed by atoms with E-state index in [2.05, 4.69) is 56.8 Å². The minimum absolute atomic E-state index is 0.0192. The third-order valence-electron chi connectivity index (χ3n) is 8.90. The summed E-state index contributed by atoms with van der Waals surface area (Å²) >= 11 is 4.48. The number of benzene rings is 2. The van der Waals surface area contributed by atoms with E-state index >= 15 is 0 Å². The first-order valence-electron chi connectivity index (χ1n) is 15.2. The molecule has 1 unspecified atom stereocenters. The molecule has 0 spiro atoms. The van der Waals surface area contributed by atoms with Crippen LogP contribution in [0.4, 0.5) is 42.2 Å². The molecule has 48 heavy (non-hydrogen) atoms. The van der Waals surface area contributed by atoms with Gasteiger partial charge in [0.1, 0.15) is 11.6 Å². The van der Waals surface area contributed by atoms with Crippen molar-refractivity contribution in [3.8, 4) is 11.1 Å². The standard InChI is InChI=1S/C34H42F7N3O2SSi/c1-20-12-24(35)10-11-26(20)27-16-29(43-25(19-47)18-46-48(8,9)31(2,3)4)42-17-28(27)44(7)30(45)32(5,6)21-13-22(33(36,37)38)15-23(14-21)34(39,40)41/h10-17,25,47H,18-19H2,1-9H3,(H,42,43). The minimum Gasteiger partial charge on any atom is -0.415 e. The van der Waals surface area contributed by atoms with Crippen molar-refractivity contribution in [1.29, 1.82) is 0 Å². The number of aromatic nitrogens is 1. The van der Waals surface area contributed by atoms with E-state index in [1.54, 1.807) is 13.0 Å². The predicted octanol–water partition coefficient (Wildman–Crippen LogP) is 9.91. The van der Waals surface area contributed by atoms with Crippen LogP contribution in [-0.2, 0) is 27.0 Å². The Labute approximate surface area is 283 Å². The fourth-order valence-electron chi connectivity index (χ4n) is 4.78. The number of alkyl halides is 6. The van der Waals surface area contributed by atoms with Crippen LogP contribution in [0.5, 0.6) is 0 Å². The second kappa shape index (κ2) is 14.0. The van der Waals surface area contributed by atoms with Gasteiger partial charge in [0.25, 0.3) is 0 Å². The van der Waals surface area contributed by atoms with Crippen LogP contribution in [0, 0.1) is 12.7 Å². The number of nitrogens with one attached hydrogen (secondary N) is 1. The lowest BCUT2D eigenvalue weighted by Crippen LogP contribution is -2.44. The molecular formula is C34H42F7N3O2SSi. The average molecular weight is 718 g/mol. The molecule has 3 aromatic rings. The molecule has 3 rings (SSSR count). The van der Waals surface area contributed by atoms with Crippen molar-refractivity contribution in [2.45, 2.75) is 83.5 Å². The Morgan fingerprint density at radius 1 is 0.917 bits per heavy atom. The van der Waals surface area contributed by atoms with Crippen LogP contribution < -0.4 is 10.2 Å². The van der Waals surface area contributed by atoms with Crippen LogP contribution in [-0.4, -0.2) is 44.7 Å². The van der Waals surface area contributed by atoms with Crippen molar-refractivity contribution in [3.63, 3.8) is 0 Å². The largest absolute Gasteiger partial charge is 0.416 e. The molecule has 1 amide bonds. The van der Waals surface area contributed by atoms with Gasteiger partial charge in [-0.05, 0) is 92.0 Å². The third-order valence-corrected chi connectivity index (χ3v) is 13.8. The van der Waals surface area contributed by atoms with Gasteiger partial charge in [-0.2, -0.15) is 39.0 Å². The van der Waals surface area contributed by atoms with Gasteiger partial charge in [0.2, 0.25) is 5.91 Å². The molecule has 0 saturated carbocycles. The van der Waals surface area contributed by atoms with E-state index in [1.807, 2.05) is 0 Å². The summed E-state index contributed by atoms with van der Waals surface area (Å²) in [4.78, 5) is 19.6. The molecule has 0 bridgehead atoms. The lowest BCUT2D eigenvalue weighted by atomic mass is 9.81. The molecule has 0 fully saturated rings. The number of aryl methyl sites for hydroxylation is 1. The number of carbonyl (C=O) groups is 1. The van der Waals surface area contributed by atoms with Crippen LogP contribution in [0.2, 0.25) is 18.1 Å². The van der Waals surface area contributed by atoms with Crippen LogP contribution in [0.25, 0.3) is 11.1 Å². The third kappa shape index (κ3) is 8.92. The van der Waals surface area contributed by atoms with Crippen LogP contribution in [0.3, 0.4) is 0 Å². The SMILES string of the molecule is Cc1cc(F)ccc1-c1cc(NC(CS)CO[Si](C)(C)C(C)(C)C)ncc1N(C)C(=O)C(C)(C)c1cc(C(F)(F)F)cc(C(F)(F)F)c1. The summed E-state index contributed by atoms with van der Waals surface area (Å²) in [6.07, 6.45) is -8.78. The Bertz CT molecular complexity index is 1600. The second-order valence-corrected chi connectivity index (χ2v) is 19.1. The monoisotopic (exact) mass is 717 g/mol. The molecule has 1 atom stereocenters.